The third-order valence-corrected chi connectivity index (χ3v) is 5.82. The van der Waals surface area contributed by atoms with Crippen LogP contribution < -0.4 is 4.90 Å². The van der Waals surface area contributed by atoms with E-state index in [-0.39, 0.29) is 10.2 Å². The summed E-state index contributed by atoms with van der Waals surface area (Å²) in [5, 5.41) is 8.89. The first kappa shape index (κ1) is 18.9. The van der Waals surface area contributed by atoms with Crippen LogP contribution >= 0.6 is 24.0 Å². The van der Waals surface area contributed by atoms with Crippen LogP contribution in [0.25, 0.3) is 6.08 Å². The van der Waals surface area contributed by atoms with Crippen molar-refractivity contribution in [3.63, 3.8) is 0 Å². The molecular formula is C18H21N3O3S2. The summed E-state index contributed by atoms with van der Waals surface area (Å²) < 4.78 is 0.286. The fraction of sp³-hybridized carbons (Fsp3) is 0.389. The van der Waals surface area contributed by atoms with Gasteiger partial charge in [0.05, 0.1) is 4.91 Å². The average molecular weight is 392 g/mol. The molecule has 0 aliphatic carbocycles. The summed E-state index contributed by atoms with van der Waals surface area (Å²) >= 11 is 6.25. The first-order chi connectivity index (χ1) is 12.4. The Hall–Kier alpha value is -1.90. The summed E-state index contributed by atoms with van der Waals surface area (Å²) in [6.45, 7) is 3.81. The summed E-state index contributed by atoms with van der Waals surface area (Å²) in [6, 6.07) is 8.09. The topological polar surface area (TPSA) is 64.1 Å². The van der Waals surface area contributed by atoms with Crippen molar-refractivity contribution in [2.75, 3.05) is 44.7 Å². The number of nitrogens with zero attached hydrogens (tertiary/aromatic N) is 3. The summed E-state index contributed by atoms with van der Waals surface area (Å²) in [7, 11) is 2.15. The second kappa shape index (κ2) is 8.20. The fourth-order valence-corrected chi connectivity index (χ4v) is 4.26. The lowest BCUT2D eigenvalue weighted by atomic mass is 10.1. The lowest BCUT2D eigenvalue weighted by molar-refractivity contribution is -0.140. The molecule has 0 atom stereocenters. The molecule has 0 saturated carbocycles. The zero-order valence-electron chi connectivity index (χ0n) is 14.6. The number of thioether (sulfide) groups is 1. The molecule has 2 fully saturated rings. The zero-order valence-corrected chi connectivity index (χ0v) is 16.2. The fourth-order valence-electron chi connectivity index (χ4n) is 3.01. The Kier molecular flexibility index (Phi) is 5.95. The number of aliphatic carboxylic acids is 1. The first-order valence-electron chi connectivity index (χ1n) is 8.45. The van der Waals surface area contributed by atoms with E-state index in [0.29, 0.717) is 4.91 Å². The number of amides is 1. The molecular weight excluding hydrogens is 370 g/mol. The number of likely N-dealkylation sites (N-methyl/N-ethyl adjacent to an activating group) is 1. The van der Waals surface area contributed by atoms with Crippen LogP contribution in [0, 0.1) is 0 Å². The van der Waals surface area contributed by atoms with Gasteiger partial charge in [-0.1, -0.05) is 36.1 Å². The second-order valence-corrected chi connectivity index (χ2v) is 8.07. The van der Waals surface area contributed by atoms with Crippen molar-refractivity contribution in [2.45, 2.75) is 6.42 Å². The van der Waals surface area contributed by atoms with Crippen LogP contribution in [0.3, 0.4) is 0 Å². The van der Waals surface area contributed by atoms with Crippen LogP contribution in [0.4, 0.5) is 5.69 Å². The Labute approximate surface area is 162 Å². The third-order valence-electron chi connectivity index (χ3n) is 4.44. The van der Waals surface area contributed by atoms with Gasteiger partial charge < -0.3 is 14.9 Å². The lowest BCUT2D eigenvalue weighted by Crippen LogP contribution is -2.33. The van der Waals surface area contributed by atoms with Crippen LogP contribution in [0.15, 0.2) is 29.2 Å². The quantitative estimate of drug-likeness (QED) is 0.623. The van der Waals surface area contributed by atoms with Gasteiger partial charge in [0, 0.05) is 25.3 Å². The molecule has 3 rings (SSSR count). The maximum absolute atomic E-state index is 12.3. The molecule has 0 unspecified atom stereocenters. The van der Waals surface area contributed by atoms with E-state index in [1.54, 1.807) is 6.08 Å². The molecule has 138 valence electrons. The highest BCUT2D eigenvalue weighted by Crippen LogP contribution is 2.32. The minimum atomic E-state index is -1.07. The normalized spacial score (nSPS) is 20.7. The number of carboxylic acids is 1. The van der Waals surface area contributed by atoms with E-state index in [9.17, 15) is 9.59 Å². The van der Waals surface area contributed by atoms with Gasteiger partial charge in [0.1, 0.15) is 10.9 Å². The maximum atomic E-state index is 12.3. The van der Waals surface area contributed by atoms with Gasteiger partial charge in [-0.15, -0.1) is 0 Å². The van der Waals surface area contributed by atoms with Gasteiger partial charge in [0.2, 0.25) is 0 Å². The number of rotatable bonds is 4. The third kappa shape index (κ3) is 4.44. The van der Waals surface area contributed by atoms with Crippen molar-refractivity contribution in [1.29, 1.82) is 0 Å². The van der Waals surface area contributed by atoms with Crippen molar-refractivity contribution in [3.8, 4) is 0 Å². The number of carbonyl (C=O) groups excluding carboxylic acids is 1. The number of benzene rings is 1. The molecule has 26 heavy (non-hydrogen) atoms. The number of hydrogen-bond acceptors (Lipinski definition) is 6. The molecule has 1 amide bonds. The van der Waals surface area contributed by atoms with Crippen LogP contribution in [0.5, 0.6) is 0 Å². The molecule has 0 aromatic heterocycles. The molecule has 2 aliphatic rings. The zero-order chi connectivity index (χ0) is 18.7. The van der Waals surface area contributed by atoms with Crippen LogP contribution in [0.2, 0.25) is 0 Å². The largest absolute Gasteiger partial charge is 0.480 e. The minimum absolute atomic E-state index is 0.286. The summed E-state index contributed by atoms with van der Waals surface area (Å²) in [6.07, 6.45) is 2.91. The Morgan fingerprint density at radius 1 is 1.23 bits per heavy atom. The van der Waals surface area contributed by atoms with E-state index >= 15 is 0 Å². The van der Waals surface area contributed by atoms with Gasteiger partial charge in [0.15, 0.2) is 0 Å². The van der Waals surface area contributed by atoms with Gasteiger partial charge in [0.25, 0.3) is 5.91 Å². The summed E-state index contributed by atoms with van der Waals surface area (Å²) in [4.78, 5) is 29.5. The number of thiocarbonyl (C=S) groups is 1. The van der Waals surface area contributed by atoms with Crippen molar-refractivity contribution < 1.29 is 14.7 Å². The average Bonchev–Trinajstić information content (AvgIpc) is 2.77. The number of anilines is 1. The Morgan fingerprint density at radius 2 is 1.96 bits per heavy atom. The highest BCUT2D eigenvalue weighted by Gasteiger charge is 2.33. The van der Waals surface area contributed by atoms with Crippen molar-refractivity contribution >= 4 is 51.9 Å². The molecule has 6 nitrogen and oxygen atoms in total. The van der Waals surface area contributed by atoms with Crippen LogP contribution in [0.1, 0.15) is 12.0 Å². The molecule has 0 bridgehead atoms. The molecule has 1 aromatic rings. The lowest BCUT2D eigenvalue weighted by Gasteiger charge is -2.22. The molecule has 0 radical (unpaired) electrons. The smallest absolute Gasteiger partial charge is 0.323 e. The number of carbonyl (C=O) groups is 2. The van der Waals surface area contributed by atoms with E-state index < -0.39 is 12.5 Å². The van der Waals surface area contributed by atoms with E-state index in [2.05, 4.69) is 29.0 Å². The van der Waals surface area contributed by atoms with Gasteiger partial charge in [-0.2, -0.15) is 0 Å². The van der Waals surface area contributed by atoms with Gasteiger partial charge >= 0.3 is 5.97 Å². The molecule has 2 aliphatic heterocycles. The van der Waals surface area contributed by atoms with Crippen molar-refractivity contribution in [3.05, 3.63) is 34.7 Å². The standard InChI is InChI=1S/C18H21N3O3S2/c1-19-7-2-8-20(10-9-19)14-5-3-13(4-6-14)11-15-17(24)21(12-16(22)23)18(25)26-15/h3-6,11H,2,7-10,12H2,1H3,(H,22,23). The molecule has 1 N–H and O–H groups in total. The van der Waals surface area contributed by atoms with E-state index in [4.69, 9.17) is 17.3 Å². The van der Waals surface area contributed by atoms with Gasteiger partial charge in [-0.05, 0) is 43.8 Å². The molecule has 1 aromatic carbocycles. The molecule has 0 spiro atoms. The highest BCUT2D eigenvalue weighted by atomic mass is 32.2. The summed E-state index contributed by atoms with van der Waals surface area (Å²) in [5.41, 5.74) is 2.08. The minimum Gasteiger partial charge on any atom is -0.480 e. The van der Waals surface area contributed by atoms with E-state index in [0.717, 1.165) is 54.8 Å². The van der Waals surface area contributed by atoms with Crippen molar-refractivity contribution in [1.82, 2.24) is 9.80 Å². The van der Waals surface area contributed by atoms with Crippen LogP contribution in [-0.4, -0.2) is 70.9 Å². The Morgan fingerprint density at radius 3 is 2.65 bits per heavy atom. The maximum Gasteiger partial charge on any atom is 0.323 e. The SMILES string of the molecule is CN1CCCN(c2ccc(C=C3SC(=S)N(CC(=O)O)C3=O)cc2)CC1. The Bertz CT molecular complexity index is 749. The van der Waals surface area contributed by atoms with Gasteiger partial charge in [-0.25, -0.2) is 0 Å². The highest BCUT2D eigenvalue weighted by molar-refractivity contribution is 8.26. The van der Waals surface area contributed by atoms with Gasteiger partial charge in [-0.3, -0.25) is 14.5 Å². The monoisotopic (exact) mass is 391 g/mol. The van der Waals surface area contributed by atoms with Crippen LogP contribution in [-0.2, 0) is 9.59 Å². The molecule has 2 heterocycles. The number of carboxylic acid groups (broad SMARTS) is 1. The Balaban J connectivity index is 1.71. The predicted molar refractivity (Wildman–Crippen MR) is 108 cm³/mol. The number of hydrogen-bond donors (Lipinski definition) is 1. The first-order valence-corrected chi connectivity index (χ1v) is 9.67. The van der Waals surface area contributed by atoms with Crippen molar-refractivity contribution in [2.24, 2.45) is 0 Å². The summed E-state index contributed by atoms with van der Waals surface area (Å²) in [5.74, 6) is -1.42. The second-order valence-electron chi connectivity index (χ2n) is 6.40. The molecule has 8 heteroatoms. The van der Waals surface area contributed by atoms with E-state index in [1.807, 2.05) is 12.1 Å². The molecule has 2 saturated heterocycles. The van der Waals surface area contributed by atoms with E-state index in [1.165, 1.54) is 5.69 Å². The predicted octanol–water partition coefficient (Wildman–Crippen LogP) is 2.11.